The van der Waals surface area contributed by atoms with Gasteiger partial charge in [0, 0.05) is 29.5 Å². The van der Waals surface area contributed by atoms with E-state index in [9.17, 15) is 5.11 Å². The van der Waals surface area contributed by atoms with Gasteiger partial charge in [0.15, 0.2) is 5.88 Å². The number of aromatic nitrogens is 2. The molecular formula is C7H5ClN2O. The molecule has 2 heterocycles. The summed E-state index contributed by atoms with van der Waals surface area (Å²) in [5.74, 6) is 0.102. The highest BCUT2D eigenvalue weighted by Crippen LogP contribution is 2.18. The zero-order valence-corrected chi connectivity index (χ0v) is 6.28. The van der Waals surface area contributed by atoms with Crippen LogP contribution in [0.2, 0.25) is 5.02 Å². The Bertz CT molecular complexity index is 396. The van der Waals surface area contributed by atoms with Gasteiger partial charge >= 0.3 is 0 Å². The van der Waals surface area contributed by atoms with E-state index in [-0.39, 0.29) is 5.88 Å². The van der Waals surface area contributed by atoms with E-state index in [0.717, 1.165) is 0 Å². The molecule has 0 saturated carbocycles. The third-order valence-corrected chi connectivity index (χ3v) is 1.67. The highest BCUT2D eigenvalue weighted by atomic mass is 35.5. The summed E-state index contributed by atoms with van der Waals surface area (Å²) < 4.78 is 1.55. The topological polar surface area (TPSA) is 37.5 Å². The van der Waals surface area contributed by atoms with Crippen LogP contribution in [0.25, 0.3) is 5.65 Å². The normalized spacial score (nSPS) is 10.6. The fourth-order valence-electron chi connectivity index (χ4n) is 0.973. The van der Waals surface area contributed by atoms with Crippen LogP contribution in [0.15, 0.2) is 24.5 Å². The van der Waals surface area contributed by atoms with E-state index < -0.39 is 0 Å². The number of hydrogen-bond donors (Lipinski definition) is 1. The van der Waals surface area contributed by atoms with Crippen molar-refractivity contribution in [3.63, 3.8) is 0 Å². The van der Waals surface area contributed by atoms with Crippen LogP contribution in [0, 0.1) is 0 Å². The Morgan fingerprint density at radius 1 is 1.45 bits per heavy atom. The fourth-order valence-corrected chi connectivity index (χ4v) is 1.17. The van der Waals surface area contributed by atoms with Crippen LogP contribution in [0.4, 0.5) is 0 Å². The average molecular weight is 169 g/mol. The highest BCUT2D eigenvalue weighted by molar-refractivity contribution is 6.31. The largest absolute Gasteiger partial charge is 0.494 e. The molecule has 0 aliphatic heterocycles. The number of fused-ring (bicyclic) bond motifs is 1. The Morgan fingerprint density at radius 3 is 3.09 bits per heavy atom. The lowest BCUT2D eigenvalue weighted by Gasteiger charge is -1.97. The van der Waals surface area contributed by atoms with Crippen LogP contribution in [0.1, 0.15) is 0 Å². The molecule has 0 saturated heterocycles. The lowest BCUT2D eigenvalue weighted by molar-refractivity contribution is 0.446. The van der Waals surface area contributed by atoms with E-state index >= 15 is 0 Å². The van der Waals surface area contributed by atoms with Gasteiger partial charge in [0.1, 0.15) is 5.65 Å². The van der Waals surface area contributed by atoms with Crippen LogP contribution >= 0.6 is 11.6 Å². The molecule has 0 atom stereocenters. The molecule has 2 aromatic rings. The second kappa shape index (κ2) is 2.13. The van der Waals surface area contributed by atoms with Crippen LogP contribution in [0.5, 0.6) is 5.88 Å². The minimum absolute atomic E-state index is 0.102. The molecule has 1 N–H and O–H groups in total. The lowest BCUT2D eigenvalue weighted by Crippen LogP contribution is -1.83. The number of halogens is 1. The van der Waals surface area contributed by atoms with Crippen molar-refractivity contribution in [3.05, 3.63) is 29.5 Å². The predicted octanol–water partition coefficient (Wildman–Crippen LogP) is 1.69. The van der Waals surface area contributed by atoms with Crippen molar-refractivity contribution < 1.29 is 5.11 Å². The maximum absolute atomic E-state index is 9.28. The molecule has 2 aromatic heterocycles. The highest BCUT2D eigenvalue weighted by Gasteiger charge is 1.99. The van der Waals surface area contributed by atoms with E-state index in [0.29, 0.717) is 10.7 Å². The van der Waals surface area contributed by atoms with Gasteiger partial charge in [0.25, 0.3) is 0 Å². The Balaban J connectivity index is 2.91. The molecule has 0 spiro atoms. The minimum Gasteiger partial charge on any atom is -0.494 e. The molecule has 56 valence electrons. The summed E-state index contributed by atoms with van der Waals surface area (Å²) in [6, 6.07) is 3.15. The summed E-state index contributed by atoms with van der Waals surface area (Å²) in [5.41, 5.74) is 0.648. The Labute approximate surface area is 67.9 Å². The summed E-state index contributed by atoms with van der Waals surface area (Å²) in [6.45, 7) is 0. The first-order chi connectivity index (χ1) is 5.27. The molecule has 0 unspecified atom stereocenters. The van der Waals surface area contributed by atoms with Crippen LogP contribution in [-0.2, 0) is 0 Å². The molecule has 11 heavy (non-hydrogen) atoms. The van der Waals surface area contributed by atoms with E-state index in [4.69, 9.17) is 11.6 Å². The Morgan fingerprint density at radius 2 is 2.27 bits per heavy atom. The number of aromatic hydroxyl groups is 1. The second-order valence-corrected chi connectivity index (χ2v) is 2.62. The number of pyridine rings is 1. The first-order valence-electron chi connectivity index (χ1n) is 3.09. The van der Waals surface area contributed by atoms with E-state index in [1.54, 1.807) is 22.9 Å². The molecule has 0 aromatic carbocycles. The van der Waals surface area contributed by atoms with Crippen molar-refractivity contribution in [2.24, 2.45) is 0 Å². The predicted molar refractivity (Wildman–Crippen MR) is 41.9 cm³/mol. The van der Waals surface area contributed by atoms with Crippen LogP contribution in [0.3, 0.4) is 0 Å². The maximum atomic E-state index is 9.28. The average Bonchev–Trinajstić information content (AvgIpc) is 2.34. The van der Waals surface area contributed by atoms with Crippen molar-refractivity contribution >= 4 is 17.2 Å². The number of nitrogens with zero attached hydrogens (tertiary/aromatic N) is 2. The van der Waals surface area contributed by atoms with Crippen LogP contribution < -0.4 is 0 Å². The summed E-state index contributed by atoms with van der Waals surface area (Å²) in [5, 5.41) is 9.77. The van der Waals surface area contributed by atoms with Crippen molar-refractivity contribution in [1.29, 1.82) is 0 Å². The van der Waals surface area contributed by atoms with Crippen molar-refractivity contribution in [3.8, 4) is 5.88 Å². The van der Waals surface area contributed by atoms with Crippen LogP contribution in [-0.4, -0.2) is 14.5 Å². The van der Waals surface area contributed by atoms with E-state index in [1.807, 2.05) is 0 Å². The molecule has 0 bridgehead atoms. The quantitative estimate of drug-likeness (QED) is 0.650. The number of rotatable bonds is 0. The SMILES string of the molecule is Oc1cc(Cl)cc2nccn12. The molecule has 0 aliphatic carbocycles. The number of imidazole rings is 1. The lowest BCUT2D eigenvalue weighted by atomic mass is 10.4. The van der Waals surface area contributed by atoms with Gasteiger partial charge in [0.2, 0.25) is 0 Å². The molecule has 2 rings (SSSR count). The third kappa shape index (κ3) is 0.935. The Kier molecular flexibility index (Phi) is 1.26. The Hall–Kier alpha value is -1.22. The van der Waals surface area contributed by atoms with E-state index in [1.165, 1.54) is 6.07 Å². The van der Waals surface area contributed by atoms with Crippen molar-refractivity contribution in [2.45, 2.75) is 0 Å². The van der Waals surface area contributed by atoms with Gasteiger partial charge in [-0.05, 0) is 0 Å². The van der Waals surface area contributed by atoms with Gasteiger partial charge in [-0.3, -0.25) is 4.40 Å². The zero-order valence-electron chi connectivity index (χ0n) is 5.53. The summed E-state index contributed by atoms with van der Waals surface area (Å²) in [7, 11) is 0. The third-order valence-electron chi connectivity index (χ3n) is 1.45. The van der Waals surface area contributed by atoms with Crippen molar-refractivity contribution in [1.82, 2.24) is 9.38 Å². The standard InChI is InChI=1S/C7H5ClN2O/c8-5-3-6-9-1-2-10(6)7(11)4-5/h1-4,11H. The molecule has 0 aliphatic rings. The first kappa shape index (κ1) is 6.49. The zero-order chi connectivity index (χ0) is 7.84. The molecule has 4 heteroatoms. The maximum Gasteiger partial charge on any atom is 0.198 e. The van der Waals surface area contributed by atoms with Gasteiger partial charge in [0.05, 0.1) is 0 Å². The molecular weight excluding hydrogens is 164 g/mol. The van der Waals surface area contributed by atoms with E-state index in [2.05, 4.69) is 4.98 Å². The molecule has 0 fully saturated rings. The van der Waals surface area contributed by atoms with Gasteiger partial charge in [-0.1, -0.05) is 11.6 Å². The fraction of sp³-hybridized carbons (Fsp3) is 0. The summed E-state index contributed by atoms with van der Waals surface area (Å²) in [4.78, 5) is 3.96. The van der Waals surface area contributed by atoms with Gasteiger partial charge < -0.3 is 5.11 Å². The van der Waals surface area contributed by atoms with Gasteiger partial charge in [-0.25, -0.2) is 4.98 Å². The monoisotopic (exact) mass is 168 g/mol. The number of hydrogen-bond acceptors (Lipinski definition) is 2. The van der Waals surface area contributed by atoms with Gasteiger partial charge in [-0.15, -0.1) is 0 Å². The van der Waals surface area contributed by atoms with Gasteiger partial charge in [-0.2, -0.15) is 0 Å². The smallest absolute Gasteiger partial charge is 0.198 e. The molecule has 0 amide bonds. The minimum atomic E-state index is 0.102. The molecule has 3 nitrogen and oxygen atoms in total. The summed E-state index contributed by atoms with van der Waals surface area (Å²) in [6.07, 6.45) is 3.27. The molecule has 0 radical (unpaired) electrons. The second-order valence-electron chi connectivity index (χ2n) is 2.19. The first-order valence-corrected chi connectivity index (χ1v) is 3.47. The van der Waals surface area contributed by atoms with Crippen molar-refractivity contribution in [2.75, 3.05) is 0 Å². The summed E-state index contributed by atoms with van der Waals surface area (Å²) >= 11 is 5.67.